The first kappa shape index (κ1) is 18.1. The number of fused-ring (bicyclic) bond motifs is 1. The second-order valence-electron chi connectivity index (χ2n) is 5.07. The van der Waals surface area contributed by atoms with Crippen LogP contribution >= 0.6 is 22.9 Å². The van der Waals surface area contributed by atoms with Crippen molar-refractivity contribution in [1.82, 2.24) is 10.4 Å². The van der Waals surface area contributed by atoms with Gasteiger partial charge in [0, 0.05) is 0 Å². The number of amides is 1. The maximum Gasteiger partial charge on any atom is 0.273 e. The first-order valence-electron chi connectivity index (χ1n) is 7.49. The van der Waals surface area contributed by atoms with Crippen LogP contribution in [-0.4, -0.2) is 32.2 Å². The van der Waals surface area contributed by atoms with E-state index < -0.39 is 5.91 Å². The second kappa shape index (κ2) is 7.67. The number of ether oxygens (including phenoxy) is 3. The highest BCUT2D eigenvalue weighted by atomic mass is 35.5. The van der Waals surface area contributed by atoms with Crippen LogP contribution in [0.5, 0.6) is 17.2 Å². The fraction of sp³-hybridized carbons (Fsp3) is 0.176. The van der Waals surface area contributed by atoms with Crippen molar-refractivity contribution in [2.75, 3.05) is 26.8 Å². The van der Waals surface area contributed by atoms with Crippen LogP contribution in [0.3, 0.4) is 0 Å². The maximum atomic E-state index is 12.5. The molecule has 136 valence electrons. The normalized spacial score (nSPS) is 10.5. The number of thiazole rings is 1. The van der Waals surface area contributed by atoms with E-state index in [1.807, 2.05) is 0 Å². The van der Waals surface area contributed by atoms with Crippen molar-refractivity contribution in [3.05, 3.63) is 40.9 Å². The number of rotatable bonds is 6. The molecular formula is C17H16ClN3O4S. The molecule has 0 bridgehead atoms. The predicted molar refractivity (Wildman–Crippen MR) is 102 cm³/mol. The first-order chi connectivity index (χ1) is 12.6. The average Bonchev–Trinajstić information content (AvgIpc) is 3.10. The van der Waals surface area contributed by atoms with Gasteiger partial charge in [-0.05, 0) is 24.3 Å². The number of aromatic nitrogens is 1. The molecule has 0 aliphatic heterocycles. The SMILES string of the molecule is COc1cccc(C(=O)NNc2nc3c(OC)ccc(Cl)c3s2)c1OC. The van der Waals surface area contributed by atoms with Crippen LogP contribution in [0.1, 0.15) is 10.4 Å². The Morgan fingerprint density at radius 3 is 2.54 bits per heavy atom. The largest absolute Gasteiger partial charge is 0.494 e. The zero-order valence-electron chi connectivity index (χ0n) is 14.3. The van der Waals surface area contributed by atoms with Crippen LogP contribution in [0.4, 0.5) is 5.13 Å². The van der Waals surface area contributed by atoms with E-state index >= 15 is 0 Å². The van der Waals surface area contributed by atoms with Crippen LogP contribution in [0.25, 0.3) is 10.2 Å². The van der Waals surface area contributed by atoms with Crippen LogP contribution in [0.15, 0.2) is 30.3 Å². The number of methoxy groups -OCH3 is 3. The zero-order chi connectivity index (χ0) is 18.7. The molecule has 0 saturated heterocycles. The Bertz CT molecular complexity index is 961. The molecule has 0 fully saturated rings. The molecule has 7 nitrogen and oxygen atoms in total. The molecule has 0 unspecified atom stereocenters. The molecule has 1 heterocycles. The molecular weight excluding hydrogens is 378 g/mol. The van der Waals surface area contributed by atoms with Crippen molar-refractivity contribution in [2.45, 2.75) is 0 Å². The van der Waals surface area contributed by atoms with E-state index in [1.165, 1.54) is 25.6 Å². The van der Waals surface area contributed by atoms with Gasteiger partial charge in [0.1, 0.15) is 11.3 Å². The fourth-order valence-electron chi connectivity index (χ4n) is 2.41. The van der Waals surface area contributed by atoms with Gasteiger partial charge in [0.05, 0.1) is 36.6 Å². The zero-order valence-corrected chi connectivity index (χ0v) is 15.8. The highest BCUT2D eigenvalue weighted by Crippen LogP contribution is 2.37. The van der Waals surface area contributed by atoms with Crippen LogP contribution < -0.4 is 25.1 Å². The van der Waals surface area contributed by atoms with Crippen LogP contribution in [0.2, 0.25) is 5.02 Å². The van der Waals surface area contributed by atoms with Crippen molar-refractivity contribution < 1.29 is 19.0 Å². The molecule has 2 aromatic carbocycles. The van der Waals surface area contributed by atoms with Gasteiger partial charge >= 0.3 is 0 Å². The smallest absolute Gasteiger partial charge is 0.273 e. The van der Waals surface area contributed by atoms with Gasteiger partial charge in [0.25, 0.3) is 5.91 Å². The molecule has 0 radical (unpaired) electrons. The molecule has 0 aliphatic rings. The Morgan fingerprint density at radius 1 is 1.08 bits per heavy atom. The maximum absolute atomic E-state index is 12.5. The molecule has 0 aliphatic carbocycles. The number of hydrogen-bond acceptors (Lipinski definition) is 7. The summed E-state index contributed by atoms with van der Waals surface area (Å²) in [4.78, 5) is 16.9. The predicted octanol–water partition coefficient (Wildman–Crippen LogP) is 3.73. The van der Waals surface area contributed by atoms with Gasteiger partial charge in [-0.1, -0.05) is 29.0 Å². The first-order valence-corrected chi connectivity index (χ1v) is 8.68. The van der Waals surface area contributed by atoms with E-state index in [0.29, 0.717) is 38.5 Å². The Morgan fingerprint density at radius 2 is 1.85 bits per heavy atom. The molecule has 1 aromatic heterocycles. The summed E-state index contributed by atoms with van der Waals surface area (Å²) in [5, 5.41) is 1.04. The molecule has 3 rings (SSSR count). The van der Waals surface area contributed by atoms with Gasteiger partial charge in [-0.2, -0.15) is 0 Å². The van der Waals surface area contributed by atoms with Gasteiger partial charge in [-0.25, -0.2) is 4.98 Å². The minimum atomic E-state index is -0.391. The third-order valence-electron chi connectivity index (χ3n) is 3.61. The molecule has 2 N–H and O–H groups in total. The van der Waals surface area contributed by atoms with E-state index in [-0.39, 0.29) is 0 Å². The molecule has 0 atom stereocenters. The third kappa shape index (κ3) is 3.33. The monoisotopic (exact) mass is 393 g/mol. The molecule has 1 amide bonds. The highest BCUT2D eigenvalue weighted by Gasteiger charge is 2.17. The summed E-state index contributed by atoms with van der Waals surface area (Å²) in [6.07, 6.45) is 0. The van der Waals surface area contributed by atoms with Crippen molar-refractivity contribution in [1.29, 1.82) is 0 Å². The summed E-state index contributed by atoms with van der Waals surface area (Å²) < 4.78 is 16.5. The minimum Gasteiger partial charge on any atom is -0.494 e. The number of hydrazine groups is 1. The van der Waals surface area contributed by atoms with Crippen molar-refractivity contribution >= 4 is 44.2 Å². The van der Waals surface area contributed by atoms with E-state index in [9.17, 15) is 4.79 Å². The lowest BCUT2D eigenvalue weighted by Gasteiger charge is -2.12. The topological polar surface area (TPSA) is 81.7 Å². The lowest BCUT2D eigenvalue weighted by Crippen LogP contribution is -2.29. The number of para-hydroxylation sites is 1. The van der Waals surface area contributed by atoms with Crippen LogP contribution in [-0.2, 0) is 0 Å². The number of halogens is 1. The number of anilines is 1. The lowest BCUT2D eigenvalue weighted by atomic mass is 10.2. The molecule has 26 heavy (non-hydrogen) atoms. The molecule has 0 spiro atoms. The summed E-state index contributed by atoms with van der Waals surface area (Å²) in [6, 6.07) is 8.54. The number of nitrogens with zero attached hydrogens (tertiary/aromatic N) is 1. The number of nitrogens with one attached hydrogen (secondary N) is 2. The number of carbonyl (C=O) groups is 1. The summed E-state index contributed by atoms with van der Waals surface area (Å²) in [7, 11) is 4.55. The second-order valence-corrected chi connectivity index (χ2v) is 6.47. The van der Waals surface area contributed by atoms with Gasteiger partial charge in [-0.3, -0.25) is 15.6 Å². The van der Waals surface area contributed by atoms with Crippen LogP contribution in [0, 0.1) is 0 Å². The van der Waals surface area contributed by atoms with Gasteiger partial charge < -0.3 is 14.2 Å². The molecule has 0 saturated carbocycles. The Hall–Kier alpha value is -2.71. The van der Waals surface area contributed by atoms with Crippen molar-refractivity contribution in [3.8, 4) is 17.2 Å². The fourth-order valence-corrected chi connectivity index (χ4v) is 3.52. The lowest BCUT2D eigenvalue weighted by molar-refractivity contribution is 0.0959. The average molecular weight is 394 g/mol. The highest BCUT2D eigenvalue weighted by molar-refractivity contribution is 7.22. The van der Waals surface area contributed by atoms with Crippen molar-refractivity contribution in [2.24, 2.45) is 0 Å². The quantitative estimate of drug-likeness (QED) is 0.621. The summed E-state index contributed by atoms with van der Waals surface area (Å²) in [6.45, 7) is 0. The third-order valence-corrected chi connectivity index (χ3v) is 5.04. The minimum absolute atomic E-state index is 0.330. The summed E-state index contributed by atoms with van der Waals surface area (Å²) in [5.74, 6) is 1.03. The van der Waals surface area contributed by atoms with E-state index in [0.717, 1.165) is 4.70 Å². The van der Waals surface area contributed by atoms with Gasteiger partial charge in [0.2, 0.25) is 5.13 Å². The number of hydrogen-bond donors (Lipinski definition) is 2. The van der Waals surface area contributed by atoms with Crippen molar-refractivity contribution in [3.63, 3.8) is 0 Å². The van der Waals surface area contributed by atoms with E-state index in [4.69, 9.17) is 25.8 Å². The number of benzene rings is 2. The number of carbonyl (C=O) groups excluding carboxylic acids is 1. The standard InChI is InChI=1S/C17H16ClN3O4S/c1-23-11-8-7-10(18)15-13(11)19-17(26-15)21-20-16(22)9-5-4-6-12(24-2)14(9)25-3/h4-8H,1-3H3,(H,19,21)(H,20,22). The summed E-state index contributed by atoms with van der Waals surface area (Å²) >= 11 is 7.50. The Balaban J connectivity index is 1.82. The Labute approximate surface area is 158 Å². The molecule has 3 aromatic rings. The van der Waals surface area contributed by atoms with E-state index in [2.05, 4.69) is 15.8 Å². The van der Waals surface area contributed by atoms with Gasteiger partial charge in [0.15, 0.2) is 11.5 Å². The van der Waals surface area contributed by atoms with E-state index in [1.54, 1.807) is 37.4 Å². The van der Waals surface area contributed by atoms with Gasteiger partial charge in [-0.15, -0.1) is 0 Å². The molecule has 9 heteroatoms. The summed E-state index contributed by atoms with van der Waals surface area (Å²) in [5.41, 5.74) is 6.35. The Kier molecular flexibility index (Phi) is 5.34.